The third-order valence-electron chi connectivity index (χ3n) is 4.61. The summed E-state index contributed by atoms with van der Waals surface area (Å²) in [6.45, 7) is 2.09. The minimum absolute atomic E-state index is 0.0542. The summed E-state index contributed by atoms with van der Waals surface area (Å²) >= 11 is 0. The fourth-order valence-corrected chi connectivity index (χ4v) is 4.90. The standard InChI is InChI=1S/C19H23N3O5S/c1-13-6-4-8-18(20-13)21-19(23)15-7-5-11-22(15)28(24,25)14-9-10-16(26-2)17(12-14)27-3/h4,6,8-10,12,15H,5,7,11H2,1-3H3,(H,20,21,23). The molecule has 1 aliphatic heterocycles. The molecule has 1 aromatic carbocycles. The van der Waals surface area contributed by atoms with Gasteiger partial charge in [-0.3, -0.25) is 4.79 Å². The zero-order valence-corrected chi connectivity index (χ0v) is 16.8. The average Bonchev–Trinajstić information content (AvgIpc) is 3.18. The number of carbonyl (C=O) groups is 1. The van der Waals surface area contributed by atoms with E-state index in [9.17, 15) is 13.2 Å². The number of hydrogen-bond donors (Lipinski definition) is 1. The van der Waals surface area contributed by atoms with Crippen molar-refractivity contribution in [3.8, 4) is 11.5 Å². The maximum atomic E-state index is 13.2. The second kappa shape index (κ2) is 8.15. The zero-order chi connectivity index (χ0) is 20.3. The van der Waals surface area contributed by atoms with Crippen molar-refractivity contribution in [3.05, 3.63) is 42.1 Å². The van der Waals surface area contributed by atoms with Gasteiger partial charge in [-0.25, -0.2) is 13.4 Å². The van der Waals surface area contributed by atoms with E-state index in [0.29, 0.717) is 30.2 Å². The number of rotatable bonds is 6. The van der Waals surface area contributed by atoms with Crippen molar-refractivity contribution in [2.75, 3.05) is 26.1 Å². The Morgan fingerprint density at radius 3 is 2.61 bits per heavy atom. The van der Waals surface area contributed by atoms with Gasteiger partial charge in [-0.05, 0) is 44.0 Å². The molecule has 1 N–H and O–H groups in total. The van der Waals surface area contributed by atoms with Crippen molar-refractivity contribution in [2.24, 2.45) is 0 Å². The van der Waals surface area contributed by atoms with Crippen LogP contribution in [0.4, 0.5) is 5.82 Å². The van der Waals surface area contributed by atoms with E-state index < -0.39 is 16.1 Å². The number of hydrogen-bond acceptors (Lipinski definition) is 6. The van der Waals surface area contributed by atoms with Crippen LogP contribution in [-0.2, 0) is 14.8 Å². The Morgan fingerprint density at radius 1 is 1.18 bits per heavy atom. The maximum absolute atomic E-state index is 13.2. The molecule has 1 aromatic heterocycles. The van der Waals surface area contributed by atoms with Crippen LogP contribution < -0.4 is 14.8 Å². The molecule has 1 amide bonds. The summed E-state index contributed by atoms with van der Waals surface area (Å²) in [5, 5.41) is 2.72. The second-order valence-corrected chi connectivity index (χ2v) is 8.33. The van der Waals surface area contributed by atoms with Crippen LogP contribution in [0.15, 0.2) is 41.3 Å². The molecule has 150 valence electrons. The van der Waals surface area contributed by atoms with Gasteiger partial charge < -0.3 is 14.8 Å². The largest absolute Gasteiger partial charge is 0.493 e. The molecule has 1 saturated heterocycles. The van der Waals surface area contributed by atoms with E-state index in [0.717, 1.165) is 5.69 Å². The normalized spacial score (nSPS) is 17.3. The fraction of sp³-hybridized carbons (Fsp3) is 0.368. The van der Waals surface area contributed by atoms with Gasteiger partial charge >= 0.3 is 0 Å². The summed E-state index contributed by atoms with van der Waals surface area (Å²) in [7, 11) is -0.956. The van der Waals surface area contributed by atoms with Gasteiger partial charge in [-0.2, -0.15) is 4.31 Å². The van der Waals surface area contributed by atoms with Crippen molar-refractivity contribution in [1.82, 2.24) is 9.29 Å². The van der Waals surface area contributed by atoms with Gasteiger partial charge in [0.05, 0.1) is 19.1 Å². The van der Waals surface area contributed by atoms with Crippen LogP contribution >= 0.6 is 0 Å². The van der Waals surface area contributed by atoms with E-state index >= 15 is 0 Å². The first-order valence-corrected chi connectivity index (χ1v) is 10.3. The molecule has 1 aliphatic rings. The van der Waals surface area contributed by atoms with Crippen LogP contribution in [0.25, 0.3) is 0 Å². The first-order chi connectivity index (χ1) is 13.4. The first-order valence-electron chi connectivity index (χ1n) is 8.85. The summed E-state index contributed by atoms with van der Waals surface area (Å²) in [6, 6.07) is 8.88. The van der Waals surface area contributed by atoms with Gasteiger partial charge in [-0.1, -0.05) is 6.07 Å². The van der Waals surface area contributed by atoms with E-state index in [1.54, 1.807) is 12.1 Å². The van der Waals surface area contributed by atoms with Gasteiger partial charge in [0.15, 0.2) is 11.5 Å². The monoisotopic (exact) mass is 405 g/mol. The van der Waals surface area contributed by atoms with Gasteiger partial charge in [-0.15, -0.1) is 0 Å². The topological polar surface area (TPSA) is 97.8 Å². The maximum Gasteiger partial charge on any atom is 0.243 e. The molecule has 2 heterocycles. The predicted octanol–water partition coefficient (Wildman–Crippen LogP) is 2.20. The Balaban J connectivity index is 1.85. The van der Waals surface area contributed by atoms with Gasteiger partial charge in [0.25, 0.3) is 0 Å². The van der Waals surface area contributed by atoms with Gasteiger partial charge in [0.2, 0.25) is 15.9 Å². The number of benzene rings is 1. The summed E-state index contributed by atoms with van der Waals surface area (Å²) in [6.07, 6.45) is 1.05. The molecule has 28 heavy (non-hydrogen) atoms. The highest BCUT2D eigenvalue weighted by Gasteiger charge is 2.39. The Kier molecular flexibility index (Phi) is 5.85. The minimum Gasteiger partial charge on any atom is -0.493 e. The number of aromatic nitrogens is 1. The third-order valence-corrected chi connectivity index (χ3v) is 6.51. The molecule has 9 heteroatoms. The lowest BCUT2D eigenvalue weighted by Crippen LogP contribution is -2.43. The van der Waals surface area contributed by atoms with E-state index in [1.165, 1.54) is 36.7 Å². The molecule has 0 spiro atoms. The number of aryl methyl sites for hydroxylation is 1. The van der Waals surface area contributed by atoms with Crippen LogP contribution in [0, 0.1) is 6.92 Å². The number of carbonyl (C=O) groups excluding carboxylic acids is 1. The number of amides is 1. The Bertz CT molecular complexity index is 977. The summed E-state index contributed by atoms with van der Waals surface area (Å²) in [4.78, 5) is 17.0. The summed E-state index contributed by atoms with van der Waals surface area (Å²) in [5.41, 5.74) is 0.763. The van der Waals surface area contributed by atoms with Gasteiger partial charge in [0.1, 0.15) is 11.9 Å². The number of ether oxygens (including phenoxy) is 2. The molecule has 1 atom stereocenters. The Morgan fingerprint density at radius 2 is 1.93 bits per heavy atom. The van der Waals surface area contributed by atoms with E-state index in [2.05, 4.69) is 10.3 Å². The molecular formula is C19H23N3O5S. The minimum atomic E-state index is -3.87. The molecule has 8 nitrogen and oxygen atoms in total. The highest BCUT2D eigenvalue weighted by Crippen LogP contribution is 2.33. The number of methoxy groups -OCH3 is 2. The second-order valence-electron chi connectivity index (χ2n) is 6.44. The zero-order valence-electron chi connectivity index (χ0n) is 16.0. The fourth-order valence-electron chi connectivity index (χ4n) is 3.22. The first kappa shape index (κ1) is 20.1. The van der Waals surface area contributed by atoms with Crippen molar-refractivity contribution in [2.45, 2.75) is 30.7 Å². The highest BCUT2D eigenvalue weighted by molar-refractivity contribution is 7.89. The lowest BCUT2D eigenvalue weighted by Gasteiger charge is -2.23. The van der Waals surface area contributed by atoms with E-state index in [-0.39, 0.29) is 17.3 Å². The van der Waals surface area contributed by atoms with Crippen LogP contribution in [-0.4, -0.2) is 50.4 Å². The predicted molar refractivity (Wildman–Crippen MR) is 104 cm³/mol. The van der Waals surface area contributed by atoms with E-state index in [4.69, 9.17) is 9.47 Å². The van der Waals surface area contributed by atoms with Crippen LogP contribution in [0.3, 0.4) is 0 Å². The molecule has 0 radical (unpaired) electrons. The Hall–Kier alpha value is -2.65. The molecule has 0 bridgehead atoms. The number of sulfonamides is 1. The third kappa shape index (κ3) is 3.95. The van der Waals surface area contributed by atoms with Crippen LogP contribution in [0.1, 0.15) is 18.5 Å². The lowest BCUT2D eigenvalue weighted by molar-refractivity contribution is -0.119. The smallest absolute Gasteiger partial charge is 0.243 e. The molecule has 0 aliphatic carbocycles. The van der Waals surface area contributed by atoms with E-state index in [1.807, 2.05) is 13.0 Å². The van der Waals surface area contributed by atoms with Crippen molar-refractivity contribution in [1.29, 1.82) is 0 Å². The van der Waals surface area contributed by atoms with Crippen LogP contribution in [0.5, 0.6) is 11.5 Å². The number of nitrogens with zero attached hydrogens (tertiary/aromatic N) is 2. The van der Waals surface area contributed by atoms with Crippen molar-refractivity contribution < 1.29 is 22.7 Å². The van der Waals surface area contributed by atoms with Crippen molar-refractivity contribution >= 4 is 21.7 Å². The highest BCUT2D eigenvalue weighted by atomic mass is 32.2. The molecule has 3 rings (SSSR count). The summed E-state index contributed by atoms with van der Waals surface area (Å²) < 4.78 is 37.9. The average molecular weight is 405 g/mol. The Labute approximate surface area is 164 Å². The molecule has 1 fully saturated rings. The molecule has 2 aromatic rings. The molecular weight excluding hydrogens is 382 g/mol. The molecule has 1 unspecified atom stereocenters. The van der Waals surface area contributed by atoms with Crippen molar-refractivity contribution in [3.63, 3.8) is 0 Å². The van der Waals surface area contributed by atoms with Gasteiger partial charge in [0, 0.05) is 18.3 Å². The number of nitrogens with one attached hydrogen (secondary N) is 1. The number of pyridine rings is 1. The quantitative estimate of drug-likeness (QED) is 0.791. The SMILES string of the molecule is COc1ccc(S(=O)(=O)N2CCCC2C(=O)Nc2cccc(C)n2)cc1OC. The summed E-state index contributed by atoms with van der Waals surface area (Å²) in [5.74, 6) is 0.760. The number of anilines is 1. The van der Waals surface area contributed by atoms with Crippen LogP contribution in [0.2, 0.25) is 0 Å². The lowest BCUT2D eigenvalue weighted by atomic mass is 10.2. The molecule has 0 saturated carbocycles.